The van der Waals surface area contributed by atoms with Crippen molar-refractivity contribution in [3.63, 3.8) is 0 Å². The van der Waals surface area contributed by atoms with Crippen LogP contribution in [0.1, 0.15) is 24.0 Å². The first-order chi connectivity index (χ1) is 14.3. The molecular weight excluding hydrogens is 366 g/mol. The molecule has 0 N–H and O–H groups in total. The number of nitrogens with zero attached hydrogens (tertiary/aromatic N) is 1. The van der Waals surface area contributed by atoms with Crippen molar-refractivity contribution in [2.24, 2.45) is 0 Å². The summed E-state index contributed by atoms with van der Waals surface area (Å²) < 4.78 is 22.6. The van der Waals surface area contributed by atoms with Crippen molar-refractivity contribution in [3.8, 4) is 11.5 Å². The molecule has 0 amide bonds. The summed E-state index contributed by atoms with van der Waals surface area (Å²) in [6.07, 6.45) is 6.74. The van der Waals surface area contributed by atoms with Crippen LogP contribution in [0.15, 0.2) is 60.8 Å². The van der Waals surface area contributed by atoms with E-state index in [9.17, 15) is 0 Å². The lowest BCUT2D eigenvalue weighted by atomic mass is 10.2. The summed E-state index contributed by atoms with van der Waals surface area (Å²) in [7, 11) is 3.35. The van der Waals surface area contributed by atoms with Crippen molar-refractivity contribution in [2.45, 2.75) is 32.2 Å². The van der Waals surface area contributed by atoms with Crippen LogP contribution in [0, 0.1) is 0 Å². The zero-order valence-electron chi connectivity index (χ0n) is 17.4. The van der Waals surface area contributed by atoms with E-state index in [1.165, 1.54) is 6.42 Å². The molecule has 1 aliphatic rings. The van der Waals surface area contributed by atoms with Crippen molar-refractivity contribution in [3.05, 3.63) is 71.9 Å². The number of hydrogen-bond donors (Lipinski definition) is 0. The van der Waals surface area contributed by atoms with E-state index in [2.05, 4.69) is 17.2 Å². The molecule has 0 fully saturated rings. The second-order valence-electron chi connectivity index (χ2n) is 7.17. The highest BCUT2D eigenvalue weighted by molar-refractivity contribution is 5.27. The van der Waals surface area contributed by atoms with Crippen molar-refractivity contribution in [1.82, 2.24) is 4.90 Å². The minimum Gasteiger partial charge on any atom is -0.497 e. The third-order valence-electron chi connectivity index (χ3n) is 4.95. The minimum absolute atomic E-state index is 0.00176. The molecule has 5 nitrogen and oxygen atoms in total. The van der Waals surface area contributed by atoms with Gasteiger partial charge in [0.25, 0.3) is 0 Å². The van der Waals surface area contributed by atoms with Crippen LogP contribution in [0.5, 0.6) is 11.5 Å². The van der Waals surface area contributed by atoms with E-state index in [-0.39, 0.29) is 6.10 Å². The minimum atomic E-state index is -0.00176. The third-order valence-corrected chi connectivity index (χ3v) is 4.95. The predicted molar refractivity (Wildman–Crippen MR) is 114 cm³/mol. The Hall–Kier alpha value is -2.50. The summed E-state index contributed by atoms with van der Waals surface area (Å²) in [5.74, 6) is 1.71. The largest absolute Gasteiger partial charge is 0.497 e. The highest BCUT2D eigenvalue weighted by atomic mass is 16.5. The number of benzene rings is 2. The van der Waals surface area contributed by atoms with E-state index in [0.29, 0.717) is 19.8 Å². The lowest BCUT2D eigenvalue weighted by molar-refractivity contribution is -0.0399. The first kappa shape index (κ1) is 21.2. The molecule has 1 heterocycles. The Bertz CT molecular complexity index is 742. The van der Waals surface area contributed by atoms with Crippen LogP contribution in [-0.4, -0.2) is 44.9 Å². The Labute approximate surface area is 173 Å². The molecule has 2 aromatic carbocycles. The number of hydrogen-bond acceptors (Lipinski definition) is 5. The maximum Gasteiger partial charge on any atom is 0.118 e. The fraction of sp³-hybridized carbons (Fsp3) is 0.417. The van der Waals surface area contributed by atoms with Gasteiger partial charge in [-0.1, -0.05) is 30.3 Å². The molecule has 156 valence electrons. The molecule has 0 saturated carbocycles. The molecule has 1 aliphatic heterocycles. The van der Waals surface area contributed by atoms with E-state index in [0.717, 1.165) is 42.1 Å². The maximum atomic E-state index is 6.22. The maximum absolute atomic E-state index is 6.22. The fourth-order valence-electron chi connectivity index (χ4n) is 3.24. The van der Waals surface area contributed by atoms with Crippen LogP contribution in [0.2, 0.25) is 0 Å². The molecule has 2 aromatic rings. The monoisotopic (exact) mass is 397 g/mol. The van der Waals surface area contributed by atoms with Crippen molar-refractivity contribution >= 4 is 0 Å². The van der Waals surface area contributed by atoms with Gasteiger partial charge in [0, 0.05) is 13.1 Å². The second kappa shape index (κ2) is 11.5. The lowest BCUT2D eigenvalue weighted by Gasteiger charge is -2.28. The SMILES string of the molecule is COc1ccc(COCC(CN2C=CCCC2)OCc2ccc(OC)cc2)cc1. The molecular formula is C24H31NO4. The molecule has 1 atom stereocenters. The van der Waals surface area contributed by atoms with Crippen LogP contribution in [-0.2, 0) is 22.7 Å². The summed E-state index contributed by atoms with van der Waals surface area (Å²) in [4.78, 5) is 2.32. The molecule has 0 saturated heterocycles. The van der Waals surface area contributed by atoms with Crippen molar-refractivity contribution in [2.75, 3.05) is 33.9 Å². The van der Waals surface area contributed by atoms with Gasteiger partial charge >= 0.3 is 0 Å². The number of ether oxygens (including phenoxy) is 4. The van der Waals surface area contributed by atoms with Gasteiger partial charge in [-0.2, -0.15) is 0 Å². The summed E-state index contributed by atoms with van der Waals surface area (Å²) >= 11 is 0. The molecule has 0 bridgehead atoms. The van der Waals surface area contributed by atoms with Gasteiger partial charge in [0.1, 0.15) is 11.5 Å². The topological polar surface area (TPSA) is 40.2 Å². The van der Waals surface area contributed by atoms with E-state index in [1.807, 2.05) is 48.5 Å². The highest BCUT2D eigenvalue weighted by Gasteiger charge is 2.15. The van der Waals surface area contributed by atoms with Gasteiger partial charge in [-0.05, 0) is 54.4 Å². The molecule has 5 heteroatoms. The number of allylic oxidation sites excluding steroid dienone is 1. The van der Waals surface area contributed by atoms with Gasteiger partial charge in [0.05, 0.1) is 40.1 Å². The zero-order valence-corrected chi connectivity index (χ0v) is 17.4. The molecule has 0 aromatic heterocycles. The smallest absolute Gasteiger partial charge is 0.118 e. The van der Waals surface area contributed by atoms with Gasteiger partial charge in [-0.3, -0.25) is 0 Å². The number of methoxy groups -OCH3 is 2. The number of rotatable bonds is 11. The summed E-state index contributed by atoms with van der Waals surface area (Å²) in [5, 5.41) is 0. The van der Waals surface area contributed by atoms with Crippen LogP contribution >= 0.6 is 0 Å². The van der Waals surface area contributed by atoms with Gasteiger partial charge in [-0.25, -0.2) is 0 Å². The van der Waals surface area contributed by atoms with Gasteiger partial charge < -0.3 is 23.8 Å². The van der Waals surface area contributed by atoms with Crippen molar-refractivity contribution in [1.29, 1.82) is 0 Å². The fourth-order valence-corrected chi connectivity index (χ4v) is 3.24. The molecule has 1 unspecified atom stereocenters. The average Bonchev–Trinajstić information content (AvgIpc) is 2.79. The Morgan fingerprint density at radius 3 is 2.03 bits per heavy atom. The predicted octanol–water partition coefficient (Wildman–Crippen LogP) is 4.42. The van der Waals surface area contributed by atoms with E-state index < -0.39 is 0 Å². The van der Waals surface area contributed by atoms with Gasteiger partial charge in [-0.15, -0.1) is 0 Å². The Kier molecular flexibility index (Phi) is 8.40. The normalized spacial score (nSPS) is 14.6. The van der Waals surface area contributed by atoms with Crippen LogP contribution < -0.4 is 9.47 Å². The second-order valence-corrected chi connectivity index (χ2v) is 7.17. The molecule has 0 spiro atoms. The van der Waals surface area contributed by atoms with Crippen LogP contribution in [0.3, 0.4) is 0 Å². The Balaban J connectivity index is 1.52. The Morgan fingerprint density at radius 1 is 0.862 bits per heavy atom. The standard InChI is InChI=1S/C24H31NO4/c1-26-22-10-6-20(7-11-22)17-28-19-24(16-25-14-4-3-5-15-25)29-18-21-8-12-23(27-2)13-9-21/h4,6-14,24H,3,5,15-19H2,1-2H3. The zero-order chi connectivity index (χ0) is 20.3. The van der Waals surface area contributed by atoms with Crippen LogP contribution in [0.4, 0.5) is 0 Å². The van der Waals surface area contributed by atoms with Crippen molar-refractivity contribution < 1.29 is 18.9 Å². The Morgan fingerprint density at radius 2 is 1.48 bits per heavy atom. The summed E-state index contributed by atoms with van der Waals surface area (Å²) in [5.41, 5.74) is 2.25. The van der Waals surface area contributed by atoms with E-state index in [4.69, 9.17) is 18.9 Å². The molecule has 0 radical (unpaired) electrons. The van der Waals surface area contributed by atoms with E-state index in [1.54, 1.807) is 14.2 Å². The summed E-state index contributed by atoms with van der Waals surface area (Å²) in [6, 6.07) is 16.0. The van der Waals surface area contributed by atoms with Crippen LogP contribution in [0.25, 0.3) is 0 Å². The third kappa shape index (κ3) is 7.11. The molecule has 3 rings (SSSR count). The first-order valence-electron chi connectivity index (χ1n) is 10.1. The molecule has 0 aliphatic carbocycles. The van der Waals surface area contributed by atoms with Gasteiger partial charge in [0.2, 0.25) is 0 Å². The van der Waals surface area contributed by atoms with Gasteiger partial charge in [0.15, 0.2) is 0 Å². The summed E-state index contributed by atoms with van der Waals surface area (Å²) in [6.45, 7) is 3.56. The quantitative estimate of drug-likeness (QED) is 0.561. The van der Waals surface area contributed by atoms with E-state index >= 15 is 0 Å². The average molecular weight is 398 g/mol. The highest BCUT2D eigenvalue weighted by Crippen LogP contribution is 2.15. The molecule has 29 heavy (non-hydrogen) atoms. The lowest BCUT2D eigenvalue weighted by Crippen LogP contribution is -2.35. The first-order valence-corrected chi connectivity index (χ1v) is 10.1.